The summed E-state index contributed by atoms with van der Waals surface area (Å²) in [5.41, 5.74) is 5.32. The third kappa shape index (κ3) is 34.4. The van der Waals surface area contributed by atoms with Gasteiger partial charge in [-0.1, -0.05) is 140 Å². The predicted octanol–water partition coefficient (Wildman–Crippen LogP) is 9.35. The molecule has 0 spiro atoms. The SMILES string of the molecule is CCCCC/C=C\C/C=C\CC(O)/C=C\C=C\CCCC(=O)O[C@H](COC(=O)CCCCCCCCCCCCC)COP(=O)(O)OCCN. The van der Waals surface area contributed by atoms with E-state index in [1.54, 1.807) is 12.2 Å². The molecular formula is C39H70NO9P. The molecule has 0 aromatic rings. The summed E-state index contributed by atoms with van der Waals surface area (Å²) in [6, 6.07) is 0. The number of rotatable bonds is 35. The largest absolute Gasteiger partial charge is 0.472 e. The normalized spacial score (nSPS) is 14.6. The van der Waals surface area contributed by atoms with Crippen LogP contribution in [0, 0.1) is 0 Å². The number of unbranched alkanes of at least 4 members (excludes halogenated alkanes) is 14. The lowest BCUT2D eigenvalue weighted by molar-refractivity contribution is -0.161. The van der Waals surface area contributed by atoms with Gasteiger partial charge in [-0.05, 0) is 44.9 Å². The molecule has 0 amide bonds. The summed E-state index contributed by atoms with van der Waals surface area (Å²) in [4.78, 5) is 34.7. The van der Waals surface area contributed by atoms with E-state index in [1.165, 1.54) is 64.2 Å². The Bertz CT molecular complexity index is 983. The fourth-order valence-corrected chi connectivity index (χ4v) is 5.65. The van der Waals surface area contributed by atoms with E-state index in [9.17, 15) is 24.2 Å². The Morgan fingerprint density at radius 3 is 1.98 bits per heavy atom. The summed E-state index contributed by atoms with van der Waals surface area (Å²) in [6.45, 7) is 3.50. The minimum absolute atomic E-state index is 0.0303. The molecule has 3 atom stereocenters. The summed E-state index contributed by atoms with van der Waals surface area (Å²) >= 11 is 0. The molecule has 0 aromatic heterocycles. The zero-order chi connectivity index (χ0) is 37.0. The number of aliphatic hydroxyl groups is 1. The Kier molecular flexibility index (Phi) is 33.9. The number of nitrogens with two attached hydrogens (primary N) is 1. The molecule has 2 unspecified atom stereocenters. The minimum atomic E-state index is -4.41. The lowest BCUT2D eigenvalue weighted by Crippen LogP contribution is -2.29. The molecule has 0 fully saturated rings. The van der Waals surface area contributed by atoms with E-state index < -0.39 is 38.6 Å². The number of phosphoric acid groups is 1. The number of ether oxygens (including phenoxy) is 2. The van der Waals surface area contributed by atoms with Crippen molar-refractivity contribution < 1.29 is 42.7 Å². The number of hydrogen-bond donors (Lipinski definition) is 3. The zero-order valence-corrected chi connectivity index (χ0v) is 32.1. The smallest absolute Gasteiger partial charge is 0.462 e. The van der Waals surface area contributed by atoms with Crippen LogP contribution in [-0.2, 0) is 32.7 Å². The van der Waals surface area contributed by atoms with Crippen LogP contribution >= 0.6 is 7.82 Å². The van der Waals surface area contributed by atoms with Crippen molar-refractivity contribution in [1.29, 1.82) is 0 Å². The molecule has 0 aliphatic heterocycles. The number of carbonyl (C=O) groups excluding carboxylic acids is 2. The molecular weight excluding hydrogens is 657 g/mol. The van der Waals surface area contributed by atoms with Gasteiger partial charge in [0, 0.05) is 19.4 Å². The Balaban J connectivity index is 4.43. The molecule has 11 heteroatoms. The number of allylic oxidation sites excluding steroid dienone is 6. The quantitative estimate of drug-likeness (QED) is 0.0189. The third-order valence-corrected chi connectivity index (χ3v) is 8.78. The van der Waals surface area contributed by atoms with Crippen molar-refractivity contribution in [2.45, 2.75) is 161 Å². The van der Waals surface area contributed by atoms with Crippen molar-refractivity contribution in [3.05, 3.63) is 48.6 Å². The number of hydrogen-bond acceptors (Lipinski definition) is 9. The second-order valence-electron chi connectivity index (χ2n) is 12.6. The molecule has 0 bridgehead atoms. The first-order chi connectivity index (χ1) is 24.2. The first-order valence-corrected chi connectivity index (χ1v) is 20.7. The van der Waals surface area contributed by atoms with Gasteiger partial charge in [-0.3, -0.25) is 18.6 Å². The van der Waals surface area contributed by atoms with Gasteiger partial charge in [-0.2, -0.15) is 0 Å². The van der Waals surface area contributed by atoms with Crippen LogP contribution in [-0.4, -0.2) is 60.5 Å². The van der Waals surface area contributed by atoms with Crippen molar-refractivity contribution >= 4 is 19.8 Å². The highest BCUT2D eigenvalue weighted by Crippen LogP contribution is 2.43. The van der Waals surface area contributed by atoms with Crippen LogP contribution in [0.15, 0.2) is 48.6 Å². The second-order valence-corrected chi connectivity index (χ2v) is 14.1. The van der Waals surface area contributed by atoms with E-state index in [2.05, 4.69) is 32.1 Å². The van der Waals surface area contributed by atoms with Crippen LogP contribution in [0.1, 0.15) is 149 Å². The van der Waals surface area contributed by atoms with Crippen molar-refractivity contribution in [3.63, 3.8) is 0 Å². The van der Waals surface area contributed by atoms with Crippen molar-refractivity contribution in [2.75, 3.05) is 26.4 Å². The highest BCUT2D eigenvalue weighted by molar-refractivity contribution is 7.47. The fraction of sp³-hybridized carbons (Fsp3) is 0.744. The van der Waals surface area contributed by atoms with Crippen molar-refractivity contribution in [3.8, 4) is 0 Å². The zero-order valence-electron chi connectivity index (χ0n) is 31.2. The molecule has 50 heavy (non-hydrogen) atoms. The van der Waals surface area contributed by atoms with Crippen LogP contribution in [0.5, 0.6) is 0 Å². The molecule has 0 saturated carbocycles. The second kappa shape index (κ2) is 35.3. The van der Waals surface area contributed by atoms with Gasteiger partial charge in [0.05, 0.1) is 19.3 Å². The van der Waals surface area contributed by atoms with Crippen molar-refractivity contribution in [1.82, 2.24) is 0 Å². The molecule has 0 saturated heterocycles. The monoisotopic (exact) mass is 727 g/mol. The fourth-order valence-electron chi connectivity index (χ4n) is 4.88. The van der Waals surface area contributed by atoms with E-state index in [0.717, 1.165) is 32.1 Å². The first kappa shape index (κ1) is 47.9. The van der Waals surface area contributed by atoms with E-state index in [-0.39, 0.29) is 32.6 Å². The first-order valence-electron chi connectivity index (χ1n) is 19.2. The number of aliphatic hydroxyl groups excluding tert-OH is 1. The molecule has 10 nitrogen and oxygen atoms in total. The topological polar surface area (TPSA) is 155 Å². The number of phosphoric ester groups is 1. The molecule has 0 radical (unpaired) electrons. The molecule has 0 aliphatic rings. The summed E-state index contributed by atoms with van der Waals surface area (Å²) < 4.78 is 32.5. The minimum Gasteiger partial charge on any atom is -0.462 e. The molecule has 0 rings (SSSR count). The maximum Gasteiger partial charge on any atom is 0.472 e. The summed E-state index contributed by atoms with van der Waals surface area (Å²) in [6.07, 6.45) is 34.6. The Labute approximate surface area is 303 Å². The molecule has 290 valence electrons. The lowest BCUT2D eigenvalue weighted by atomic mass is 10.1. The third-order valence-electron chi connectivity index (χ3n) is 7.80. The highest BCUT2D eigenvalue weighted by Gasteiger charge is 2.25. The Morgan fingerprint density at radius 1 is 0.700 bits per heavy atom. The summed E-state index contributed by atoms with van der Waals surface area (Å²) in [7, 11) is -4.41. The molecule has 0 aliphatic carbocycles. The van der Waals surface area contributed by atoms with Crippen LogP contribution in [0.3, 0.4) is 0 Å². The average molecular weight is 728 g/mol. The molecule has 0 heterocycles. The number of carbonyl (C=O) groups is 2. The van der Waals surface area contributed by atoms with Gasteiger partial charge < -0.3 is 25.2 Å². The van der Waals surface area contributed by atoms with Gasteiger partial charge in [-0.15, -0.1) is 0 Å². The maximum atomic E-state index is 12.5. The lowest BCUT2D eigenvalue weighted by Gasteiger charge is -2.19. The van der Waals surface area contributed by atoms with E-state index in [4.69, 9.17) is 24.3 Å². The summed E-state index contributed by atoms with van der Waals surface area (Å²) in [5.74, 6) is -0.962. The van der Waals surface area contributed by atoms with Gasteiger partial charge >= 0.3 is 19.8 Å². The van der Waals surface area contributed by atoms with Gasteiger partial charge in [0.2, 0.25) is 0 Å². The van der Waals surface area contributed by atoms with Crippen LogP contribution in [0.25, 0.3) is 0 Å². The van der Waals surface area contributed by atoms with E-state index in [0.29, 0.717) is 25.7 Å². The van der Waals surface area contributed by atoms with Crippen LogP contribution < -0.4 is 5.73 Å². The van der Waals surface area contributed by atoms with E-state index in [1.807, 2.05) is 18.2 Å². The van der Waals surface area contributed by atoms with Crippen LogP contribution in [0.4, 0.5) is 0 Å². The standard InChI is InChI=1S/C39H70NO9P/c1-3-5-7-9-11-13-14-16-18-22-26-30-38(42)46-34-37(35-48-50(44,45)47-33-32-40)49-39(43)31-27-23-19-21-25-29-36(41)28-24-20-17-15-12-10-8-6-4-2/h12,15,19-21,24-25,29,36-37,41H,3-11,13-14,16-18,22-23,26-28,30-35,40H2,1-2H3,(H,44,45)/b15-12-,21-19+,24-20-,29-25-/t36?,37-/m1/s1. The number of esters is 2. The van der Waals surface area contributed by atoms with Gasteiger partial charge in [0.25, 0.3) is 0 Å². The maximum absolute atomic E-state index is 12.5. The van der Waals surface area contributed by atoms with Gasteiger partial charge in [0.15, 0.2) is 6.10 Å². The predicted molar refractivity (Wildman–Crippen MR) is 202 cm³/mol. The highest BCUT2D eigenvalue weighted by atomic mass is 31.2. The summed E-state index contributed by atoms with van der Waals surface area (Å²) in [5, 5.41) is 10.1. The molecule has 0 aromatic carbocycles. The van der Waals surface area contributed by atoms with Gasteiger partial charge in [-0.25, -0.2) is 4.57 Å². The average Bonchev–Trinajstić information content (AvgIpc) is 3.09. The van der Waals surface area contributed by atoms with Crippen LogP contribution in [0.2, 0.25) is 0 Å². The van der Waals surface area contributed by atoms with E-state index >= 15 is 0 Å². The Morgan fingerprint density at radius 2 is 1.30 bits per heavy atom. The van der Waals surface area contributed by atoms with Crippen molar-refractivity contribution in [2.24, 2.45) is 5.73 Å². The Hall–Kier alpha value is -2.07. The van der Waals surface area contributed by atoms with Gasteiger partial charge in [0.1, 0.15) is 6.61 Å². The molecule has 4 N–H and O–H groups in total.